The number of carbonyl (C=O) groups is 1. The van der Waals surface area contributed by atoms with Gasteiger partial charge in [-0.05, 0) is 43.9 Å². The zero-order valence-electron chi connectivity index (χ0n) is 12.4. The molecule has 0 aromatic heterocycles. The average Bonchev–Trinajstić information content (AvgIpc) is 2.75. The zero-order chi connectivity index (χ0) is 13.1. The van der Waals surface area contributed by atoms with E-state index in [2.05, 4.69) is 0 Å². The van der Waals surface area contributed by atoms with Gasteiger partial charge in [0, 0.05) is 11.8 Å². The molecule has 3 rings (SSSR count). The lowest BCUT2D eigenvalue weighted by molar-refractivity contribution is -0.129. The molecule has 0 radical (unpaired) electrons. The van der Waals surface area contributed by atoms with Crippen molar-refractivity contribution in [3.8, 4) is 0 Å². The molecule has 0 aromatic rings. The van der Waals surface area contributed by atoms with E-state index in [1.165, 1.54) is 83.5 Å². The van der Waals surface area contributed by atoms with Gasteiger partial charge in [-0.15, -0.1) is 0 Å². The average molecular weight is 262 g/mol. The number of hydrogen-bond acceptors (Lipinski definition) is 1. The van der Waals surface area contributed by atoms with Crippen LogP contribution >= 0.6 is 0 Å². The second-order valence-electron chi connectivity index (χ2n) is 7.41. The molecule has 3 fully saturated rings. The van der Waals surface area contributed by atoms with Crippen molar-refractivity contribution in [2.24, 2.45) is 23.7 Å². The van der Waals surface area contributed by atoms with E-state index in [1.54, 1.807) is 0 Å². The Balaban J connectivity index is 1.57. The molecule has 0 spiro atoms. The van der Waals surface area contributed by atoms with Gasteiger partial charge in [0.15, 0.2) is 0 Å². The van der Waals surface area contributed by atoms with Gasteiger partial charge in [0.1, 0.15) is 5.78 Å². The lowest BCUT2D eigenvalue weighted by Crippen LogP contribution is -2.33. The Kier molecular flexibility index (Phi) is 4.61. The van der Waals surface area contributed by atoms with Crippen molar-refractivity contribution in [3.63, 3.8) is 0 Å². The van der Waals surface area contributed by atoms with Gasteiger partial charge in [0.25, 0.3) is 0 Å². The molecule has 3 saturated carbocycles. The third kappa shape index (κ3) is 3.23. The topological polar surface area (TPSA) is 17.1 Å². The van der Waals surface area contributed by atoms with Crippen molar-refractivity contribution in [2.75, 3.05) is 0 Å². The van der Waals surface area contributed by atoms with Crippen molar-refractivity contribution >= 4 is 5.78 Å². The van der Waals surface area contributed by atoms with Crippen LogP contribution in [0.2, 0.25) is 0 Å². The van der Waals surface area contributed by atoms with Gasteiger partial charge in [-0.1, -0.05) is 51.4 Å². The SMILES string of the molecule is O=C(C1CCCCCC1)C1CCC2CCCCC2C1. The Hall–Kier alpha value is -0.330. The number of Topliss-reactive ketones (excluding diaryl/α,β-unsaturated/α-hetero) is 1. The largest absolute Gasteiger partial charge is 0.299 e. The van der Waals surface area contributed by atoms with E-state index in [1.807, 2.05) is 0 Å². The van der Waals surface area contributed by atoms with Gasteiger partial charge < -0.3 is 0 Å². The summed E-state index contributed by atoms with van der Waals surface area (Å²) in [4.78, 5) is 12.8. The van der Waals surface area contributed by atoms with Gasteiger partial charge in [0.2, 0.25) is 0 Å². The lowest BCUT2D eigenvalue weighted by atomic mass is 9.65. The minimum atomic E-state index is 0.438. The maximum absolute atomic E-state index is 12.8. The molecule has 0 N–H and O–H groups in total. The minimum absolute atomic E-state index is 0.438. The molecule has 19 heavy (non-hydrogen) atoms. The van der Waals surface area contributed by atoms with Gasteiger partial charge in [-0.3, -0.25) is 4.79 Å². The van der Waals surface area contributed by atoms with E-state index in [0.29, 0.717) is 17.6 Å². The Morgan fingerprint density at radius 2 is 1.21 bits per heavy atom. The first-order valence-electron chi connectivity index (χ1n) is 8.88. The molecular weight excluding hydrogens is 232 g/mol. The Morgan fingerprint density at radius 3 is 1.95 bits per heavy atom. The number of fused-ring (bicyclic) bond motifs is 1. The molecule has 0 saturated heterocycles. The van der Waals surface area contributed by atoms with Crippen LogP contribution in [0.1, 0.15) is 83.5 Å². The molecule has 108 valence electrons. The molecule has 0 bridgehead atoms. The van der Waals surface area contributed by atoms with Crippen molar-refractivity contribution in [2.45, 2.75) is 83.5 Å². The summed E-state index contributed by atoms with van der Waals surface area (Å²) in [5.41, 5.74) is 0. The highest BCUT2D eigenvalue weighted by Crippen LogP contribution is 2.44. The molecule has 3 aliphatic carbocycles. The fraction of sp³-hybridized carbons (Fsp3) is 0.944. The molecule has 3 atom stereocenters. The van der Waals surface area contributed by atoms with Gasteiger partial charge in [-0.2, -0.15) is 0 Å². The highest BCUT2D eigenvalue weighted by molar-refractivity contribution is 5.83. The predicted octanol–water partition coefficient (Wildman–Crippen LogP) is 5.13. The predicted molar refractivity (Wildman–Crippen MR) is 79.0 cm³/mol. The Bertz CT molecular complexity index is 301. The molecule has 1 heteroatoms. The van der Waals surface area contributed by atoms with Crippen molar-refractivity contribution < 1.29 is 4.79 Å². The van der Waals surface area contributed by atoms with E-state index >= 15 is 0 Å². The van der Waals surface area contributed by atoms with Crippen LogP contribution in [0.4, 0.5) is 0 Å². The van der Waals surface area contributed by atoms with Gasteiger partial charge in [0.05, 0.1) is 0 Å². The summed E-state index contributed by atoms with van der Waals surface area (Å²) in [6.45, 7) is 0. The van der Waals surface area contributed by atoms with E-state index in [4.69, 9.17) is 0 Å². The summed E-state index contributed by atoms with van der Waals surface area (Å²) >= 11 is 0. The molecule has 3 aliphatic rings. The van der Waals surface area contributed by atoms with Gasteiger partial charge in [-0.25, -0.2) is 0 Å². The number of hydrogen-bond donors (Lipinski definition) is 0. The van der Waals surface area contributed by atoms with Crippen LogP contribution in [-0.4, -0.2) is 5.78 Å². The molecule has 0 amide bonds. The Labute approximate surface area is 118 Å². The summed E-state index contributed by atoms with van der Waals surface area (Å²) in [7, 11) is 0. The highest BCUT2D eigenvalue weighted by atomic mass is 16.1. The maximum Gasteiger partial charge on any atom is 0.139 e. The van der Waals surface area contributed by atoms with E-state index in [-0.39, 0.29) is 0 Å². The van der Waals surface area contributed by atoms with Crippen molar-refractivity contribution in [1.82, 2.24) is 0 Å². The highest BCUT2D eigenvalue weighted by Gasteiger charge is 2.36. The molecule has 3 unspecified atom stereocenters. The first-order valence-corrected chi connectivity index (χ1v) is 8.88. The molecule has 0 aromatic carbocycles. The normalized spacial score (nSPS) is 37.4. The monoisotopic (exact) mass is 262 g/mol. The standard InChI is InChI=1S/C18H30O/c19-18(15-8-3-1-2-4-9-15)17-12-11-14-7-5-6-10-16(14)13-17/h14-17H,1-13H2. The van der Waals surface area contributed by atoms with E-state index in [9.17, 15) is 4.79 Å². The molecule has 1 nitrogen and oxygen atoms in total. The molecule has 0 heterocycles. The smallest absolute Gasteiger partial charge is 0.139 e. The van der Waals surface area contributed by atoms with Crippen LogP contribution in [0.25, 0.3) is 0 Å². The van der Waals surface area contributed by atoms with Crippen LogP contribution in [0.15, 0.2) is 0 Å². The fourth-order valence-electron chi connectivity index (χ4n) is 5.03. The maximum atomic E-state index is 12.8. The third-order valence-electron chi connectivity index (χ3n) is 6.20. The first-order chi connectivity index (χ1) is 9.34. The summed E-state index contributed by atoms with van der Waals surface area (Å²) < 4.78 is 0. The second kappa shape index (κ2) is 6.41. The summed E-state index contributed by atoms with van der Waals surface area (Å²) in [5, 5.41) is 0. The van der Waals surface area contributed by atoms with Gasteiger partial charge >= 0.3 is 0 Å². The summed E-state index contributed by atoms with van der Waals surface area (Å²) in [5.74, 6) is 3.44. The van der Waals surface area contributed by atoms with Crippen molar-refractivity contribution in [3.05, 3.63) is 0 Å². The van der Waals surface area contributed by atoms with E-state index < -0.39 is 0 Å². The second-order valence-corrected chi connectivity index (χ2v) is 7.41. The summed E-state index contributed by atoms with van der Waals surface area (Å²) in [6.07, 6.45) is 17.3. The fourth-order valence-corrected chi connectivity index (χ4v) is 5.03. The zero-order valence-corrected chi connectivity index (χ0v) is 12.4. The first kappa shape index (κ1) is 13.6. The number of rotatable bonds is 2. The molecule has 0 aliphatic heterocycles. The minimum Gasteiger partial charge on any atom is -0.299 e. The summed E-state index contributed by atoms with van der Waals surface area (Å²) in [6, 6.07) is 0. The molecular formula is C18H30O. The lowest BCUT2D eigenvalue weighted by Gasteiger charge is -2.39. The van der Waals surface area contributed by atoms with Crippen LogP contribution in [-0.2, 0) is 4.79 Å². The number of ketones is 1. The Morgan fingerprint density at radius 1 is 0.579 bits per heavy atom. The van der Waals surface area contributed by atoms with E-state index in [0.717, 1.165) is 11.8 Å². The van der Waals surface area contributed by atoms with Crippen molar-refractivity contribution in [1.29, 1.82) is 0 Å². The third-order valence-corrected chi connectivity index (χ3v) is 6.20. The van der Waals surface area contributed by atoms with Crippen LogP contribution in [0.5, 0.6) is 0 Å². The van der Waals surface area contributed by atoms with Crippen LogP contribution < -0.4 is 0 Å². The number of carbonyl (C=O) groups excluding carboxylic acids is 1. The van der Waals surface area contributed by atoms with Crippen LogP contribution in [0.3, 0.4) is 0 Å². The quantitative estimate of drug-likeness (QED) is 0.630. The van der Waals surface area contributed by atoms with Crippen LogP contribution in [0, 0.1) is 23.7 Å².